The van der Waals surface area contributed by atoms with Crippen molar-refractivity contribution >= 4 is 23.6 Å². The van der Waals surface area contributed by atoms with E-state index in [2.05, 4.69) is 5.32 Å². The lowest BCUT2D eigenvalue weighted by Gasteiger charge is -2.30. The number of amides is 2. The van der Waals surface area contributed by atoms with Crippen LogP contribution in [0, 0.1) is 0 Å². The average molecular weight is 459 g/mol. The fourth-order valence-corrected chi connectivity index (χ4v) is 4.14. The molecule has 0 saturated heterocycles. The van der Waals surface area contributed by atoms with Crippen LogP contribution in [0.15, 0.2) is 48.5 Å². The SMILES string of the molecule is CCCNC(=O)C(CC)N(Cc1ccc(OC)cc1)C(=O)CSCc1ccc(OC)cc1. The van der Waals surface area contributed by atoms with E-state index in [4.69, 9.17) is 9.47 Å². The first-order chi connectivity index (χ1) is 15.5. The van der Waals surface area contributed by atoms with Crippen LogP contribution < -0.4 is 14.8 Å². The van der Waals surface area contributed by atoms with Gasteiger partial charge >= 0.3 is 0 Å². The number of carbonyl (C=O) groups excluding carboxylic acids is 2. The summed E-state index contributed by atoms with van der Waals surface area (Å²) < 4.78 is 10.4. The van der Waals surface area contributed by atoms with Crippen molar-refractivity contribution in [3.8, 4) is 11.5 Å². The van der Waals surface area contributed by atoms with E-state index in [0.717, 1.165) is 29.0 Å². The van der Waals surface area contributed by atoms with Crippen LogP contribution in [-0.2, 0) is 21.9 Å². The van der Waals surface area contributed by atoms with Gasteiger partial charge < -0.3 is 19.7 Å². The van der Waals surface area contributed by atoms with Crippen LogP contribution >= 0.6 is 11.8 Å². The standard InChI is InChI=1S/C25H34N2O4S/c1-5-15-26-25(29)23(6-2)27(16-19-7-11-21(30-3)12-8-19)24(28)18-32-17-20-9-13-22(31-4)14-10-20/h7-14,23H,5-6,15-18H2,1-4H3,(H,26,29). The minimum Gasteiger partial charge on any atom is -0.497 e. The Hall–Kier alpha value is -2.67. The molecule has 2 aromatic carbocycles. The van der Waals surface area contributed by atoms with E-state index in [1.165, 1.54) is 0 Å². The van der Waals surface area contributed by atoms with Gasteiger partial charge in [0.1, 0.15) is 17.5 Å². The smallest absolute Gasteiger partial charge is 0.242 e. The van der Waals surface area contributed by atoms with Crippen LogP contribution in [0.3, 0.4) is 0 Å². The number of benzene rings is 2. The molecule has 2 rings (SSSR count). The lowest BCUT2D eigenvalue weighted by atomic mass is 10.1. The number of nitrogens with one attached hydrogen (secondary N) is 1. The lowest BCUT2D eigenvalue weighted by Crippen LogP contribution is -2.49. The average Bonchev–Trinajstić information content (AvgIpc) is 2.83. The predicted octanol–water partition coefficient (Wildman–Crippen LogP) is 4.27. The third-order valence-electron chi connectivity index (χ3n) is 5.10. The van der Waals surface area contributed by atoms with Gasteiger partial charge in [0, 0.05) is 18.8 Å². The summed E-state index contributed by atoms with van der Waals surface area (Å²) in [4.78, 5) is 27.7. The maximum atomic E-state index is 13.2. The predicted molar refractivity (Wildman–Crippen MR) is 130 cm³/mol. The zero-order chi connectivity index (χ0) is 23.3. The summed E-state index contributed by atoms with van der Waals surface area (Å²) >= 11 is 1.55. The maximum absolute atomic E-state index is 13.2. The highest BCUT2D eigenvalue weighted by atomic mass is 32.2. The summed E-state index contributed by atoms with van der Waals surface area (Å²) in [6.07, 6.45) is 1.41. The van der Waals surface area contributed by atoms with Gasteiger partial charge in [0.25, 0.3) is 0 Å². The van der Waals surface area contributed by atoms with Crippen LogP contribution in [-0.4, -0.2) is 49.3 Å². The molecule has 0 aromatic heterocycles. The molecule has 1 N–H and O–H groups in total. The number of thioether (sulfide) groups is 1. The molecule has 0 aliphatic rings. The maximum Gasteiger partial charge on any atom is 0.242 e. The Bertz CT molecular complexity index is 840. The summed E-state index contributed by atoms with van der Waals surface area (Å²) in [6, 6.07) is 14.9. The van der Waals surface area contributed by atoms with Crippen molar-refractivity contribution in [3.63, 3.8) is 0 Å². The van der Waals surface area contributed by atoms with Crippen molar-refractivity contribution in [2.45, 2.75) is 45.0 Å². The largest absolute Gasteiger partial charge is 0.497 e. The van der Waals surface area contributed by atoms with Crippen LogP contribution in [0.5, 0.6) is 11.5 Å². The minimum atomic E-state index is -0.502. The molecular weight excluding hydrogens is 424 g/mol. The molecule has 7 heteroatoms. The van der Waals surface area contributed by atoms with Gasteiger partial charge in [0.15, 0.2) is 0 Å². The van der Waals surface area contributed by atoms with Crippen LogP contribution in [0.4, 0.5) is 0 Å². The van der Waals surface area contributed by atoms with E-state index in [1.807, 2.05) is 62.4 Å². The van der Waals surface area contributed by atoms with Crippen molar-refractivity contribution in [2.24, 2.45) is 0 Å². The number of hydrogen-bond acceptors (Lipinski definition) is 5. The van der Waals surface area contributed by atoms with Gasteiger partial charge in [-0.05, 0) is 48.2 Å². The Morgan fingerprint density at radius 3 is 2.00 bits per heavy atom. The lowest BCUT2D eigenvalue weighted by molar-refractivity contribution is -0.139. The number of rotatable bonds is 13. The number of ether oxygens (including phenoxy) is 2. The molecule has 0 bridgehead atoms. The van der Waals surface area contributed by atoms with Gasteiger partial charge in [-0.25, -0.2) is 0 Å². The Morgan fingerprint density at radius 1 is 0.938 bits per heavy atom. The summed E-state index contributed by atoms with van der Waals surface area (Å²) in [5, 5.41) is 2.94. The van der Waals surface area contributed by atoms with Gasteiger partial charge in [-0.1, -0.05) is 38.1 Å². The normalized spacial score (nSPS) is 11.5. The van der Waals surface area contributed by atoms with Crippen molar-refractivity contribution in [2.75, 3.05) is 26.5 Å². The van der Waals surface area contributed by atoms with Crippen molar-refractivity contribution in [3.05, 3.63) is 59.7 Å². The quantitative estimate of drug-likeness (QED) is 0.486. The number of hydrogen-bond donors (Lipinski definition) is 1. The van der Waals surface area contributed by atoms with Crippen molar-refractivity contribution < 1.29 is 19.1 Å². The van der Waals surface area contributed by atoms with Crippen LogP contribution in [0.25, 0.3) is 0 Å². The molecule has 0 saturated carbocycles. The number of methoxy groups -OCH3 is 2. The van der Waals surface area contributed by atoms with E-state index in [0.29, 0.717) is 31.0 Å². The molecule has 1 atom stereocenters. The molecule has 1 unspecified atom stereocenters. The Labute approximate surface area is 195 Å². The monoisotopic (exact) mass is 458 g/mol. The van der Waals surface area contributed by atoms with Crippen LogP contribution in [0.2, 0.25) is 0 Å². The zero-order valence-corrected chi connectivity index (χ0v) is 20.2. The molecule has 6 nitrogen and oxygen atoms in total. The highest BCUT2D eigenvalue weighted by molar-refractivity contribution is 7.99. The van der Waals surface area contributed by atoms with Gasteiger partial charge in [0.2, 0.25) is 11.8 Å². The zero-order valence-electron chi connectivity index (χ0n) is 19.4. The Balaban J connectivity index is 2.09. The molecule has 0 heterocycles. The second kappa shape index (κ2) is 13.7. The molecule has 0 spiro atoms. The molecule has 0 aliphatic carbocycles. The Kier molecular flexibility index (Phi) is 10.9. The van der Waals surface area contributed by atoms with E-state index >= 15 is 0 Å². The minimum absolute atomic E-state index is 0.0437. The molecule has 0 radical (unpaired) electrons. The fraction of sp³-hybridized carbons (Fsp3) is 0.440. The van der Waals surface area contributed by atoms with Crippen molar-refractivity contribution in [1.82, 2.24) is 10.2 Å². The van der Waals surface area contributed by atoms with E-state index in [-0.39, 0.29) is 11.8 Å². The second-order valence-electron chi connectivity index (χ2n) is 7.43. The highest BCUT2D eigenvalue weighted by Crippen LogP contribution is 2.20. The van der Waals surface area contributed by atoms with Gasteiger partial charge in [-0.2, -0.15) is 0 Å². The highest BCUT2D eigenvalue weighted by Gasteiger charge is 2.28. The van der Waals surface area contributed by atoms with E-state index < -0.39 is 6.04 Å². The van der Waals surface area contributed by atoms with E-state index in [1.54, 1.807) is 30.9 Å². The number of nitrogens with zero attached hydrogens (tertiary/aromatic N) is 1. The third-order valence-corrected chi connectivity index (χ3v) is 6.09. The third kappa shape index (κ3) is 7.79. The van der Waals surface area contributed by atoms with Crippen molar-refractivity contribution in [1.29, 1.82) is 0 Å². The fourth-order valence-electron chi connectivity index (χ4n) is 3.27. The van der Waals surface area contributed by atoms with Crippen LogP contribution in [0.1, 0.15) is 37.8 Å². The number of carbonyl (C=O) groups is 2. The summed E-state index contributed by atoms with van der Waals surface area (Å²) in [5.74, 6) is 2.44. The molecule has 0 fully saturated rings. The van der Waals surface area contributed by atoms with Gasteiger partial charge in [-0.3, -0.25) is 9.59 Å². The van der Waals surface area contributed by atoms with Gasteiger partial charge in [0.05, 0.1) is 20.0 Å². The van der Waals surface area contributed by atoms with Gasteiger partial charge in [-0.15, -0.1) is 11.8 Å². The van der Waals surface area contributed by atoms with E-state index in [9.17, 15) is 9.59 Å². The Morgan fingerprint density at radius 2 is 1.50 bits per heavy atom. The first-order valence-electron chi connectivity index (χ1n) is 10.9. The summed E-state index contributed by atoms with van der Waals surface area (Å²) in [6.45, 7) is 4.93. The first kappa shape index (κ1) is 25.6. The topological polar surface area (TPSA) is 67.9 Å². The molecular formula is C25H34N2O4S. The molecule has 2 aromatic rings. The molecule has 174 valence electrons. The first-order valence-corrected chi connectivity index (χ1v) is 12.1. The molecule has 2 amide bonds. The molecule has 0 aliphatic heterocycles. The second-order valence-corrected chi connectivity index (χ2v) is 8.41. The summed E-state index contributed by atoms with van der Waals surface area (Å²) in [5.41, 5.74) is 2.08. The summed E-state index contributed by atoms with van der Waals surface area (Å²) in [7, 11) is 3.26. The molecule has 32 heavy (non-hydrogen) atoms.